The lowest BCUT2D eigenvalue weighted by Crippen LogP contribution is -2.24. The van der Waals surface area contributed by atoms with Crippen molar-refractivity contribution in [3.63, 3.8) is 0 Å². The summed E-state index contributed by atoms with van der Waals surface area (Å²) < 4.78 is 30.7. The van der Waals surface area contributed by atoms with Crippen LogP contribution >= 0.6 is 12.4 Å². The molecule has 1 aromatic rings. The minimum atomic E-state index is -3.44. The Labute approximate surface area is 140 Å². The molecule has 0 radical (unpaired) electrons. The van der Waals surface area contributed by atoms with Crippen molar-refractivity contribution in [2.75, 3.05) is 17.6 Å². The molecule has 0 saturated heterocycles. The molecule has 8 nitrogen and oxygen atoms in total. The van der Waals surface area contributed by atoms with E-state index in [-0.39, 0.29) is 25.0 Å². The number of rotatable bonds is 3. The molecule has 10 heteroatoms. The van der Waals surface area contributed by atoms with Crippen molar-refractivity contribution in [1.82, 2.24) is 0 Å². The molecule has 0 bridgehead atoms. The topological polar surface area (TPSA) is 137 Å². The van der Waals surface area contributed by atoms with Gasteiger partial charge in [0.05, 0.1) is 18.6 Å². The zero-order valence-corrected chi connectivity index (χ0v) is 13.9. The van der Waals surface area contributed by atoms with Crippen molar-refractivity contribution in [2.24, 2.45) is 16.5 Å². The Kier molecular flexibility index (Phi) is 5.99. The normalized spacial score (nSPS) is 13.3. The number of carbonyl (C=O) groups is 1. The quantitative estimate of drug-likeness (QED) is 0.528. The fraction of sp³-hybridized carbons (Fsp3) is 0.231. The number of carbonyl (C=O) groups excluding carboxylic acids is 1. The molecular weight excluding hydrogens is 344 g/mol. The number of hydrogen-bond donors (Lipinski definition) is 3. The van der Waals surface area contributed by atoms with Crippen LogP contribution in [-0.2, 0) is 14.8 Å². The molecule has 2 rings (SSSR count). The number of nitrogens with two attached hydrogens (primary N) is 2. The average Bonchev–Trinajstić information content (AvgIpc) is 2.59. The van der Waals surface area contributed by atoms with Gasteiger partial charge in [-0.1, -0.05) is 12.1 Å². The first-order chi connectivity index (χ1) is 10.3. The Bertz CT molecular complexity index is 770. The van der Waals surface area contributed by atoms with Gasteiger partial charge in [-0.3, -0.25) is 9.52 Å². The van der Waals surface area contributed by atoms with Gasteiger partial charge < -0.3 is 16.2 Å². The summed E-state index contributed by atoms with van der Waals surface area (Å²) in [6, 6.07) is 4.94. The summed E-state index contributed by atoms with van der Waals surface area (Å²) in [6.45, 7) is 0.201. The van der Waals surface area contributed by atoms with E-state index < -0.39 is 15.9 Å². The van der Waals surface area contributed by atoms with Gasteiger partial charge in [0.15, 0.2) is 11.7 Å². The maximum atomic E-state index is 11.9. The Balaban J connectivity index is 0.00000264. The van der Waals surface area contributed by atoms with E-state index in [1.807, 2.05) is 0 Å². The monoisotopic (exact) mass is 360 g/mol. The van der Waals surface area contributed by atoms with Crippen molar-refractivity contribution in [1.29, 1.82) is 0 Å². The van der Waals surface area contributed by atoms with Crippen LogP contribution in [0.4, 0.5) is 5.69 Å². The number of amides is 1. The molecular formula is C13H17ClN4O4S. The van der Waals surface area contributed by atoms with Crippen LogP contribution < -0.4 is 20.9 Å². The first-order valence-corrected chi connectivity index (χ1v) is 8.23. The Morgan fingerprint density at radius 2 is 2.04 bits per heavy atom. The fourth-order valence-electron chi connectivity index (χ4n) is 1.99. The Morgan fingerprint density at radius 1 is 1.35 bits per heavy atom. The van der Waals surface area contributed by atoms with Crippen LogP contribution in [0.15, 0.2) is 28.8 Å². The second-order valence-electron chi connectivity index (χ2n) is 4.71. The van der Waals surface area contributed by atoms with Crippen molar-refractivity contribution in [2.45, 2.75) is 6.42 Å². The predicted octanol–water partition coefficient (Wildman–Crippen LogP) is 0.446. The highest BCUT2D eigenvalue weighted by molar-refractivity contribution is 7.92. The number of sulfonamides is 1. The molecule has 0 unspecified atom stereocenters. The lowest BCUT2D eigenvalue weighted by Gasteiger charge is -2.12. The number of nitrogens with zero attached hydrogens (tertiary/aromatic N) is 1. The van der Waals surface area contributed by atoms with E-state index in [0.29, 0.717) is 29.0 Å². The average molecular weight is 361 g/mol. The lowest BCUT2D eigenvalue weighted by molar-refractivity contribution is -0.114. The molecule has 0 atom stereocenters. The molecule has 1 aliphatic heterocycles. The highest BCUT2D eigenvalue weighted by Crippen LogP contribution is 2.34. The van der Waals surface area contributed by atoms with Gasteiger partial charge in [-0.15, -0.1) is 12.4 Å². The standard InChI is InChI=1S/C13H16N4O4S.ClH/c1-22(19,20)17-10-4-2-3-8-7-9(5-6-21-11(8)10)12(18)16-13(14)15;/h2-4,7,17H,5-6H2,1H3,(H4,14,15,16,18);1H. The third kappa shape index (κ3) is 5.15. The number of halogens is 1. The number of aliphatic imine (C=N–C) groups is 1. The van der Waals surface area contributed by atoms with Crippen LogP contribution in [-0.4, -0.2) is 33.1 Å². The summed E-state index contributed by atoms with van der Waals surface area (Å²) in [7, 11) is -3.44. The minimum absolute atomic E-state index is 0. The largest absolute Gasteiger partial charge is 0.490 e. The molecule has 1 aromatic carbocycles. The van der Waals surface area contributed by atoms with Gasteiger partial charge >= 0.3 is 0 Å². The zero-order chi connectivity index (χ0) is 16.3. The van der Waals surface area contributed by atoms with Crippen molar-refractivity contribution in [3.05, 3.63) is 29.3 Å². The first-order valence-electron chi connectivity index (χ1n) is 6.34. The number of para-hydroxylation sites is 1. The fourth-order valence-corrected chi connectivity index (χ4v) is 2.55. The van der Waals surface area contributed by atoms with Crippen LogP contribution in [0.25, 0.3) is 6.08 Å². The molecule has 0 aromatic heterocycles. The second-order valence-corrected chi connectivity index (χ2v) is 6.46. The number of anilines is 1. The minimum Gasteiger partial charge on any atom is -0.490 e. The van der Waals surface area contributed by atoms with Crippen LogP contribution in [0.1, 0.15) is 12.0 Å². The van der Waals surface area contributed by atoms with Gasteiger partial charge in [-0.25, -0.2) is 8.42 Å². The molecule has 0 fully saturated rings. The van der Waals surface area contributed by atoms with Gasteiger partial charge in [0.1, 0.15) is 0 Å². The molecule has 1 amide bonds. The number of benzene rings is 1. The maximum absolute atomic E-state index is 11.9. The second kappa shape index (κ2) is 7.34. The molecule has 1 aliphatic rings. The van der Waals surface area contributed by atoms with Gasteiger partial charge in [0, 0.05) is 17.6 Å². The van der Waals surface area contributed by atoms with E-state index in [1.165, 1.54) is 0 Å². The van der Waals surface area contributed by atoms with Gasteiger partial charge in [-0.2, -0.15) is 4.99 Å². The highest BCUT2D eigenvalue weighted by Gasteiger charge is 2.18. The van der Waals surface area contributed by atoms with E-state index in [0.717, 1.165) is 6.26 Å². The van der Waals surface area contributed by atoms with Gasteiger partial charge in [-0.05, 0) is 12.1 Å². The smallest absolute Gasteiger partial charge is 0.276 e. The summed E-state index contributed by atoms with van der Waals surface area (Å²) in [6.07, 6.45) is 2.94. The summed E-state index contributed by atoms with van der Waals surface area (Å²) in [5.74, 6) is -0.498. The van der Waals surface area contributed by atoms with Crippen LogP contribution in [0, 0.1) is 0 Å². The van der Waals surface area contributed by atoms with Crippen molar-refractivity contribution < 1.29 is 17.9 Å². The third-order valence-corrected chi connectivity index (χ3v) is 3.38. The number of ether oxygens (including phenoxy) is 1. The summed E-state index contributed by atoms with van der Waals surface area (Å²) in [5, 5.41) is 0. The summed E-state index contributed by atoms with van der Waals surface area (Å²) in [4.78, 5) is 15.4. The predicted molar refractivity (Wildman–Crippen MR) is 91.1 cm³/mol. The van der Waals surface area contributed by atoms with Gasteiger partial charge in [0.2, 0.25) is 10.0 Å². The summed E-state index contributed by atoms with van der Waals surface area (Å²) >= 11 is 0. The molecule has 5 N–H and O–H groups in total. The molecule has 0 saturated carbocycles. The third-order valence-electron chi connectivity index (χ3n) is 2.79. The first kappa shape index (κ1) is 18.8. The Morgan fingerprint density at radius 3 is 2.65 bits per heavy atom. The number of guanidine groups is 1. The van der Waals surface area contributed by atoms with E-state index in [2.05, 4.69) is 9.71 Å². The maximum Gasteiger partial charge on any atom is 0.276 e. The molecule has 0 spiro atoms. The molecule has 1 heterocycles. The Hall–Kier alpha value is -2.26. The zero-order valence-electron chi connectivity index (χ0n) is 12.3. The van der Waals surface area contributed by atoms with Crippen LogP contribution in [0.5, 0.6) is 5.75 Å². The van der Waals surface area contributed by atoms with Crippen LogP contribution in [0.3, 0.4) is 0 Å². The van der Waals surface area contributed by atoms with Crippen molar-refractivity contribution in [3.8, 4) is 5.75 Å². The summed E-state index contributed by atoms with van der Waals surface area (Å²) in [5.41, 5.74) is 11.7. The number of fused-ring (bicyclic) bond motifs is 1. The number of nitrogens with one attached hydrogen (secondary N) is 1. The van der Waals surface area contributed by atoms with Crippen LogP contribution in [0.2, 0.25) is 0 Å². The molecule has 126 valence electrons. The van der Waals surface area contributed by atoms with E-state index in [4.69, 9.17) is 16.2 Å². The van der Waals surface area contributed by atoms with E-state index in [9.17, 15) is 13.2 Å². The van der Waals surface area contributed by atoms with E-state index >= 15 is 0 Å². The molecule has 23 heavy (non-hydrogen) atoms. The highest BCUT2D eigenvalue weighted by atomic mass is 35.5. The van der Waals surface area contributed by atoms with Crippen molar-refractivity contribution >= 4 is 46.1 Å². The van der Waals surface area contributed by atoms with E-state index in [1.54, 1.807) is 24.3 Å². The van der Waals surface area contributed by atoms with Gasteiger partial charge in [0.25, 0.3) is 5.91 Å². The number of hydrogen-bond acceptors (Lipinski definition) is 4. The SMILES string of the molecule is CS(=O)(=O)Nc1cccc2c1OCCC(C(=O)N=C(N)N)=C2.Cl. The lowest BCUT2D eigenvalue weighted by atomic mass is 10.1. The molecule has 0 aliphatic carbocycles.